The Morgan fingerprint density at radius 3 is 2.38 bits per heavy atom. The molecule has 5 nitrogen and oxygen atoms in total. The van der Waals surface area contributed by atoms with Gasteiger partial charge in [-0.25, -0.2) is 17.5 Å². The third-order valence-electron chi connectivity index (χ3n) is 4.69. The Morgan fingerprint density at radius 2 is 1.83 bits per heavy atom. The first-order valence-corrected chi connectivity index (χ1v) is 9.87. The van der Waals surface area contributed by atoms with Crippen LogP contribution in [-0.4, -0.2) is 64.0 Å². The van der Waals surface area contributed by atoms with Crippen molar-refractivity contribution in [2.24, 2.45) is 5.92 Å². The summed E-state index contributed by atoms with van der Waals surface area (Å²) in [5.74, 6) is -0.0886. The van der Waals surface area contributed by atoms with Gasteiger partial charge in [0.15, 0.2) is 0 Å². The lowest BCUT2D eigenvalue weighted by atomic mass is 10.0. The minimum absolute atomic E-state index is 0.143. The summed E-state index contributed by atoms with van der Waals surface area (Å²) in [5, 5.41) is 0. The number of halogens is 1. The molecule has 1 aromatic rings. The van der Waals surface area contributed by atoms with Crippen LogP contribution in [0.25, 0.3) is 0 Å². The quantitative estimate of drug-likeness (QED) is 0.842. The zero-order valence-corrected chi connectivity index (χ0v) is 15.7. The second-order valence-corrected chi connectivity index (χ2v) is 8.65. The number of hydrogen-bond acceptors (Lipinski definition) is 4. The number of likely N-dealkylation sites (N-methyl/N-ethyl adjacent to an activating group) is 1. The van der Waals surface area contributed by atoms with Crippen LogP contribution in [0.1, 0.15) is 19.4 Å². The topological polar surface area (TPSA) is 52.7 Å². The Labute approximate surface area is 144 Å². The summed E-state index contributed by atoms with van der Waals surface area (Å²) in [5.41, 5.74) is 0.420. The maximum absolute atomic E-state index is 13.2. The standard InChI is InChI=1S/C17H28FN3O2S/c1-13(2)16(21-9-7-20(4)8-10-21)12-19-24(22,23)17-6-5-15(18)11-14(17)3/h5-6,11,13,16,19H,7-10,12H2,1-4H3. The minimum Gasteiger partial charge on any atom is -0.304 e. The third-order valence-corrected chi connectivity index (χ3v) is 6.27. The molecule has 1 aliphatic rings. The Hall–Kier alpha value is -1.02. The lowest BCUT2D eigenvalue weighted by Gasteiger charge is -2.39. The van der Waals surface area contributed by atoms with Gasteiger partial charge in [0.05, 0.1) is 4.90 Å². The Morgan fingerprint density at radius 1 is 1.21 bits per heavy atom. The monoisotopic (exact) mass is 357 g/mol. The summed E-state index contributed by atoms with van der Waals surface area (Å²) in [6.07, 6.45) is 0. The van der Waals surface area contributed by atoms with Crippen molar-refractivity contribution in [2.45, 2.75) is 31.7 Å². The van der Waals surface area contributed by atoms with Crippen LogP contribution in [0, 0.1) is 18.7 Å². The lowest BCUT2D eigenvalue weighted by molar-refractivity contribution is 0.0905. The number of nitrogens with zero attached hydrogens (tertiary/aromatic N) is 2. The maximum atomic E-state index is 13.2. The molecule has 1 saturated heterocycles. The van der Waals surface area contributed by atoms with Gasteiger partial charge in [0.2, 0.25) is 10.0 Å². The number of sulfonamides is 1. The highest BCUT2D eigenvalue weighted by atomic mass is 32.2. The molecule has 24 heavy (non-hydrogen) atoms. The molecular weight excluding hydrogens is 329 g/mol. The van der Waals surface area contributed by atoms with Gasteiger partial charge < -0.3 is 4.90 Å². The highest BCUT2D eigenvalue weighted by Crippen LogP contribution is 2.18. The van der Waals surface area contributed by atoms with Crippen LogP contribution in [0.15, 0.2) is 23.1 Å². The molecule has 0 spiro atoms. The van der Waals surface area contributed by atoms with Crippen molar-refractivity contribution in [3.8, 4) is 0 Å². The van der Waals surface area contributed by atoms with E-state index in [1.54, 1.807) is 6.92 Å². The molecule has 1 aliphatic heterocycles. The lowest BCUT2D eigenvalue weighted by Crippen LogP contribution is -2.54. The molecule has 2 rings (SSSR count). The van der Waals surface area contributed by atoms with E-state index >= 15 is 0 Å². The molecule has 1 heterocycles. The molecule has 0 saturated carbocycles. The summed E-state index contributed by atoms with van der Waals surface area (Å²) in [6, 6.07) is 3.90. The number of hydrogen-bond donors (Lipinski definition) is 1. The predicted molar refractivity (Wildman–Crippen MR) is 94.0 cm³/mol. The number of nitrogens with one attached hydrogen (secondary N) is 1. The van der Waals surface area contributed by atoms with E-state index in [2.05, 4.69) is 35.4 Å². The summed E-state index contributed by atoms with van der Waals surface area (Å²) in [7, 11) is -1.54. The molecule has 0 aliphatic carbocycles. The molecule has 1 atom stereocenters. The van der Waals surface area contributed by atoms with Crippen molar-refractivity contribution in [1.82, 2.24) is 14.5 Å². The molecule has 1 unspecified atom stereocenters. The van der Waals surface area contributed by atoms with Crippen LogP contribution in [0.5, 0.6) is 0 Å². The highest BCUT2D eigenvalue weighted by molar-refractivity contribution is 7.89. The van der Waals surface area contributed by atoms with Crippen LogP contribution in [0.2, 0.25) is 0 Å². The normalized spacial score (nSPS) is 18.9. The van der Waals surface area contributed by atoms with Gasteiger partial charge in [-0.15, -0.1) is 0 Å². The van der Waals surface area contributed by atoms with Crippen LogP contribution in [-0.2, 0) is 10.0 Å². The SMILES string of the molecule is Cc1cc(F)ccc1S(=O)(=O)NCC(C(C)C)N1CCN(C)CC1. The van der Waals surface area contributed by atoms with E-state index in [1.165, 1.54) is 18.2 Å². The van der Waals surface area contributed by atoms with Crippen molar-refractivity contribution in [3.63, 3.8) is 0 Å². The van der Waals surface area contributed by atoms with E-state index in [-0.39, 0.29) is 10.9 Å². The molecule has 1 aromatic carbocycles. The van der Waals surface area contributed by atoms with Crippen LogP contribution in [0.4, 0.5) is 4.39 Å². The van der Waals surface area contributed by atoms with Gasteiger partial charge in [0.1, 0.15) is 5.82 Å². The largest absolute Gasteiger partial charge is 0.304 e. The molecular formula is C17H28FN3O2S. The van der Waals surface area contributed by atoms with Crippen LogP contribution in [0.3, 0.4) is 0 Å². The molecule has 1 N–H and O–H groups in total. The van der Waals surface area contributed by atoms with Gasteiger partial charge in [-0.3, -0.25) is 4.90 Å². The molecule has 7 heteroatoms. The third kappa shape index (κ3) is 4.75. The first kappa shape index (κ1) is 19.3. The van der Waals surface area contributed by atoms with E-state index in [9.17, 15) is 12.8 Å². The van der Waals surface area contributed by atoms with Crippen LogP contribution < -0.4 is 4.72 Å². The predicted octanol–water partition coefficient (Wildman–Crippen LogP) is 1.68. The van der Waals surface area contributed by atoms with E-state index in [4.69, 9.17) is 0 Å². The van der Waals surface area contributed by atoms with E-state index in [0.717, 1.165) is 26.2 Å². The molecule has 0 radical (unpaired) electrons. The highest BCUT2D eigenvalue weighted by Gasteiger charge is 2.27. The van der Waals surface area contributed by atoms with E-state index in [0.29, 0.717) is 18.0 Å². The fourth-order valence-electron chi connectivity index (χ4n) is 3.13. The van der Waals surface area contributed by atoms with Crippen molar-refractivity contribution < 1.29 is 12.8 Å². The minimum atomic E-state index is -3.64. The van der Waals surface area contributed by atoms with Gasteiger partial charge in [-0.1, -0.05) is 13.8 Å². The second-order valence-electron chi connectivity index (χ2n) is 6.91. The fourth-order valence-corrected chi connectivity index (χ4v) is 4.40. The Bertz CT molecular complexity index is 656. The van der Waals surface area contributed by atoms with Crippen molar-refractivity contribution in [3.05, 3.63) is 29.6 Å². The number of benzene rings is 1. The van der Waals surface area contributed by atoms with Crippen LogP contribution >= 0.6 is 0 Å². The number of rotatable bonds is 6. The zero-order chi connectivity index (χ0) is 17.9. The second kappa shape index (κ2) is 7.91. The summed E-state index contributed by atoms with van der Waals surface area (Å²) in [4.78, 5) is 4.77. The van der Waals surface area contributed by atoms with E-state index in [1.807, 2.05) is 0 Å². The Balaban J connectivity index is 2.08. The Kier molecular flexibility index (Phi) is 6.36. The van der Waals surface area contributed by atoms with Crippen molar-refractivity contribution in [2.75, 3.05) is 39.8 Å². The van der Waals surface area contributed by atoms with Gasteiger partial charge in [0.25, 0.3) is 0 Å². The average Bonchev–Trinajstić information content (AvgIpc) is 2.48. The summed E-state index contributed by atoms with van der Waals surface area (Å²) in [6.45, 7) is 10.1. The zero-order valence-electron chi connectivity index (χ0n) is 14.9. The first-order valence-electron chi connectivity index (χ1n) is 8.39. The average molecular weight is 357 g/mol. The first-order chi connectivity index (χ1) is 11.2. The van der Waals surface area contributed by atoms with Gasteiger partial charge in [-0.2, -0.15) is 0 Å². The number of aryl methyl sites for hydroxylation is 1. The van der Waals surface area contributed by atoms with Gasteiger partial charge in [0, 0.05) is 38.8 Å². The smallest absolute Gasteiger partial charge is 0.240 e. The molecule has 0 aromatic heterocycles. The maximum Gasteiger partial charge on any atom is 0.240 e. The summed E-state index contributed by atoms with van der Waals surface area (Å²) < 4.78 is 41.1. The van der Waals surface area contributed by atoms with E-state index < -0.39 is 15.8 Å². The summed E-state index contributed by atoms with van der Waals surface area (Å²) >= 11 is 0. The van der Waals surface area contributed by atoms with Crippen molar-refractivity contribution in [1.29, 1.82) is 0 Å². The fraction of sp³-hybridized carbons (Fsp3) is 0.647. The molecule has 0 amide bonds. The molecule has 0 bridgehead atoms. The van der Waals surface area contributed by atoms with Gasteiger partial charge in [-0.05, 0) is 43.7 Å². The molecule has 136 valence electrons. The van der Waals surface area contributed by atoms with Crippen molar-refractivity contribution >= 4 is 10.0 Å². The number of piperazine rings is 1. The van der Waals surface area contributed by atoms with Gasteiger partial charge >= 0.3 is 0 Å². The molecule has 1 fully saturated rings.